The molecule has 1 unspecified atom stereocenters. The first kappa shape index (κ1) is 18.7. The van der Waals surface area contributed by atoms with E-state index in [0.717, 1.165) is 22.2 Å². The third-order valence-electron chi connectivity index (χ3n) is 4.04. The summed E-state index contributed by atoms with van der Waals surface area (Å²) in [4.78, 5) is 5.19. The molecule has 2 aromatic carbocycles. The smallest absolute Gasteiger partial charge is 0.187 e. The zero-order valence-corrected chi connectivity index (χ0v) is 17.0. The van der Waals surface area contributed by atoms with E-state index in [2.05, 4.69) is 10.3 Å². The van der Waals surface area contributed by atoms with Crippen molar-refractivity contribution in [2.75, 3.05) is 5.32 Å². The van der Waals surface area contributed by atoms with Crippen molar-refractivity contribution in [2.45, 2.75) is 24.8 Å². The fraction of sp³-hybridized carbons (Fsp3) is 0.150. The number of furan rings is 1. The van der Waals surface area contributed by atoms with E-state index in [9.17, 15) is 4.21 Å². The minimum atomic E-state index is -1.57. The summed E-state index contributed by atoms with van der Waals surface area (Å²) in [5, 5.41) is 12.5. The van der Waals surface area contributed by atoms with Crippen LogP contribution < -0.4 is 15.2 Å². The van der Waals surface area contributed by atoms with Crippen molar-refractivity contribution in [1.82, 2.24) is 4.98 Å². The van der Waals surface area contributed by atoms with Crippen LogP contribution in [-0.4, -0.2) is 15.3 Å². The highest BCUT2D eigenvalue weighted by molar-refractivity contribution is 7.82. The van der Waals surface area contributed by atoms with Gasteiger partial charge in [-0.2, -0.15) is 0 Å². The van der Waals surface area contributed by atoms with Crippen LogP contribution >= 0.6 is 11.3 Å². The zero-order chi connectivity index (χ0) is 19.7. The van der Waals surface area contributed by atoms with Gasteiger partial charge in [0.2, 0.25) is 0 Å². The molecular weight excluding hydrogens is 394 g/mol. The number of nitrogens with two attached hydrogens (primary N) is 1. The van der Waals surface area contributed by atoms with Crippen molar-refractivity contribution in [3.63, 3.8) is 0 Å². The van der Waals surface area contributed by atoms with E-state index in [1.165, 1.54) is 11.3 Å². The molecule has 1 atom stereocenters. The average molecular weight is 414 g/mol. The number of benzene rings is 2. The highest BCUT2D eigenvalue weighted by Crippen LogP contribution is 2.34. The van der Waals surface area contributed by atoms with Crippen LogP contribution in [0.15, 0.2) is 63.4 Å². The predicted molar refractivity (Wildman–Crippen MR) is 113 cm³/mol. The Morgan fingerprint density at radius 2 is 2.07 bits per heavy atom. The first-order valence-electron chi connectivity index (χ1n) is 8.66. The minimum Gasteiger partial charge on any atom is -0.489 e. The van der Waals surface area contributed by atoms with Crippen molar-refractivity contribution >= 4 is 44.1 Å². The van der Waals surface area contributed by atoms with E-state index >= 15 is 0 Å². The minimum absolute atomic E-state index is 0.00307. The number of aromatic nitrogens is 1. The number of nitrogens with one attached hydrogen (secondary N) is 1. The lowest BCUT2D eigenvalue weighted by Gasteiger charge is -2.15. The maximum absolute atomic E-state index is 11.7. The Balaban J connectivity index is 1.64. The van der Waals surface area contributed by atoms with Crippen LogP contribution in [0, 0.1) is 0 Å². The molecule has 3 N–H and O–H groups in total. The van der Waals surface area contributed by atoms with E-state index < -0.39 is 11.0 Å². The topological polar surface area (TPSA) is 90.4 Å². The summed E-state index contributed by atoms with van der Waals surface area (Å²) in [7, 11) is -1.57. The number of anilines is 2. The van der Waals surface area contributed by atoms with E-state index in [1.807, 2.05) is 43.5 Å². The molecule has 144 valence electrons. The summed E-state index contributed by atoms with van der Waals surface area (Å²) in [6.45, 7) is 3.90. The fourth-order valence-corrected chi connectivity index (χ4v) is 3.96. The number of hydrogen-bond acceptors (Lipinski definition) is 6. The summed E-state index contributed by atoms with van der Waals surface area (Å²) in [6.07, 6.45) is 1.68. The van der Waals surface area contributed by atoms with E-state index in [0.29, 0.717) is 21.5 Å². The molecule has 0 saturated heterocycles. The molecule has 0 saturated carbocycles. The van der Waals surface area contributed by atoms with Crippen LogP contribution in [0.5, 0.6) is 5.75 Å². The Morgan fingerprint density at radius 1 is 1.21 bits per heavy atom. The largest absolute Gasteiger partial charge is 0.489 e. The average Bonchev–Trinajstić information content (AvgIpc) is 3.31. The molecule has 0 aliphatic rings. The maximum atomic E-state index is 11.7. The molecule has 4 rings (SSSR count). The lowest BCUT2D eigenvalue weighted by Crippen LogP contribution is -2.09. The van der Waals surface area contributed by atoms with Gasteiger partial charge < -0.3 is 14.5 Å². The molecule has 2 heterocycles. The van der Waals surface area contributed by atoms with Crippen LogP contribution in [0.3, 0.4) is 0 Å². The van der Waals surface area contributed by atoms with Gasteiger partial charge in [0.1, 0.15) is 22.3 Å². The van der Waals surface area contributed by atoms with Crippen molar-refractivity contribution in [2.24, 2.45) is 5.14 Å². The summed E-state index contributed by atoms with van der Waals surface area (Å²) in [5.74, 6) is 0.653. The van der Waals surface area contributed by atoms with Crippen LogP contribution in [0.25, 0.3) is 22.2 Å². The number of hydrogen-bond donors (Lipinski definition) is 2. The van der Waals surface area contributed by atoms with E-state index in [4.69, 9.17) is 14.3 Å². The van der Waals surface area contributed by atoms with Crippen molar-refractivity contribution in [3.05, 3.63) is 54.1 Å². The zero-order valence-electron chi connectivity index (χ0n) is 15.3. The van der Waals surface area contributed by atoms with Crippen molar-refractivity contribution in [1.29, 1.82) is 0 Å². The highest BCUT2D eigenvalue weighted by Gasteiger charge is 2.12. The monoisotopic (exact) mass is 413 g/mol. The first-order valence-corrected chi connectivity index (χ1v) is 10.8. The van der Waals surface area contributed by atoms with Crippen LogP contribution in [0.1, 0.15) is 13.8 Å². The second-order valence-electron chi connectivity index (χ2n) is 6.46. The van der Waals surface area contributed by atoms with Gasteiger partial charge in [0.15, 0.2) is 5.13 Å². The maximum Gasteiger partial charge on any atom is 0.187 e. The van der Waals surface area contributed by atoms with Gasteiger partial charge in [0.05, 0.1) is 28.6 Å². The Morgan fingerprint density at radius 3 is 2.86 bits per heavy atom. The first-order chi connectivity index (χ1) is 13.5. The molecule has 0 aliphatic heterocycles. The molecule has 0 aliphatic carbocycles. The Kier molecular flexibility index (Phi) is 5.17. The molecule has 0 bridgehead atoms. The number of thiazole rings is 1. The molecule has 2 aromatic heterocycles. The normalized spacial score (nSPS) is 12.4. The summed E-state index contributed by atoms with van der Waals surface area (Å²) < 4.78 is 22.9. The fourth-order valence-electron chi connectivity index (χ4n) is 2.79. The van der Waals surface area contributed by atoms with Crippen molar-refractivity contribution < 1.29 is 13.4 Å². The Labute approximate surface area is 168 Å². The Bertz CT molecular complexity index is 1150. The standard InChI is InChI=1S/C20H19N3O3S2/c1-12(2)26-19-6-4-15(28(21)24)10-16(19)22-20-23-17(11-27-20)13-3-5-18-14(9-13)7-8-25-18/h3-12H,21H2,1-2H3,(H,22,23). The summed E-state index contributed by atoms with van der Waals surface area (Å²) >= 11 is 1.48. The molecule has 4 aromatic rings. The lowest BCUT2D eigenvalue weighted by molar-refractivity contribution is 0.243. The van der Waals surface area contributed by atoms with Gasteiger partial charge in [-0.1, -0.05) is 0 Å². The predicted octanol–water partition coefficient (Wildman–Crippen LogP) is 5.07. The number of fused-ring (bicyclic) bond motifs is 1. The molecule has 8 heteroatoms. The van der Waals surface area contributed by atoms with E-state index in [-0.39, 0.29) is 6.10 Å². The molecule has 0 radical (unpaired) electrons. The van der Waals surface area contributed by atoms with Crippen LogP contribution in [0.4, 0.5) is 10.8 Å². The van der Waals surface area contributed by atoms with Crippen LogP contribution in [-0.2, 0) is 11.0 Å². The molecular formula is C20H19N3O3S2. The van der Waals surface area contributed by atoms with Crippen molar-refractivity contribution in [3.8, 4) is 17.0 Å². The SMILES string of the molecule is CC(C)Oc1ccc(S(N)=O)cc1Nc1nc(-c2ccc3occc3c2)cs1. The number of nitrogens with zero attached hydrogens (tertiary/aromatic N) is 1. The summed E-state index contributed by atoms with van der Waals surface area (Å²) in [5.41, 5.74) is 3.39. The van der Waals surface area contributed by atoms with Gasteiger partial charge in [0.25, 0.3) is 0 Å². The molecule has 28 heavy (non-hydrogen) atoms. The van der Waals surface area contributed by atoms with Gasteiger partial charge in [-0.05, 0) is 56.3 Å². The molecule has 0 amide bonds. The Hall–Kier alpha value is -2.68. The molecule has 0 fully saturated rings. The quantitative estimate of drug-likeness (QED) is 0.461. The summed E-state index contributed by atoms with van der Waals surface area (Å²) in [6, 6.07) is 13.1. The molecule has 0 spiro atoms. The lowest BCUT2D eigenvalue weighted by atomic mass is 10.1. The van der Waals surface area contributed by atoms with Gasteiger partial charge in [-0.25, -0.2) is 14.3 Å². The van der Waals surface area contributed by atoms with Gasteiger partial charge >= 0.3 is 0 Å². The van der Waals surface area contributed by atoms with Gasteiger partial charge in [0, 0.05) is 16.3 Å². The van der Waals surface area contributed by atoms with Gasteiger partial charge in [-0.3, -0.25) is 0 Å². The third-order valence-corrected chi connectivity index (χ3v) is 5.52. The second kappa shape index (κ2) is 7.75. The van der Waals surface area contributed by atoms with Crippen LogP contribution in [0.2, 0.25) is 0 Å². The number of rotatable bonds is 6. The number of ether oxygens (including phenoxy) is 1. The third kappa shape index (κ3) is 3.94. The highest BCUT2D eigenvalue weighted by atomic mass is 32.2. The molecule has 6 nitrogen and oxygen atoms in total. The second-order valence-corrected chi connectivity index (χ2v) is 8.38. The van der Waals surface area contributed by atoms with Gasteiger partial charge in [-0.15, -0.1) is 11.3 Å². The van der Waals surface area contributed by atoms with E-state index in [1.54, 1.807) is 24.5 Å².